The van der Waals surface area contributed by atoms with Gasteiger partial charge in [-0.3, -0.25) is 4.79 Å². The summed E-state index contributed by atoms with van der Waals surface area (Å²) in [5, 5.41) is 9.33. The second-order valence-electron chi connectivity index (χ2n) is 3.54. The third kappa shape index (κ3) is 2.35. The molecule has 0 spiro atoms. The first-order valence-corrected chi connectivity index (χ1v) is 5.56. The van der Waals surface area contributed by atoms with Crippen molar-refractivity contribution >= 4 is 21.8 Å². The van der Waals surface area contributed by atoms with Gasteiger partial charge in [-0.1, -0.05) is 6.07 Å². The number of hydrogen-bond acceptors (Lipinski definition) is 3. The highest BCUT2D eigenvalue weighted by Gasteiger charge is 2.25. The van der Waals surface area contributed by atoms with E-state index in [2.05, 4.69) is 20.9 Å². The Morgan fingerprint density at radius 2 is 2.40 bits per heavy atom. The second kappa shape index (κ2) is 4.28. The molecular formula is C10H11BrN2O2. The lowest BCUT2D eigenvalue weighted by atomic mass is 10.3. The number of aliphatic hydroxyl groups is 1. The Morgan fingerprint density at radius 3 is 3.00 bits per heavy atom. The van der Waals surface area contributed by atoms with Gasteiger partial charge in [0.05, 0.1) is 6.10 Å². The molecule has 1 atom stereocenters. The maximum absolute atomic E-state index is 11.9. The summed E-state index contributed by atoms with van der Waals surface area (Å²) in [7, 11) is 0. The lowest BCUT2D eigenvalue weighted by Crippen LogP contribution is -2.30. The van der Waals surface area contributed by atoms with E-state index >= 15 is 0 Å². The van der Waals surface area contributed by atoms with E-state index in [1.807, 2.05) is 0 Å². The fraction of sp³-hybridized carbons (Fsp3) is 0.400. The van der Waals surface area contributed by atoms with Crippen LogP contribution in [0.5, 0.6) is 0 Å². The Kier molecular flexibility index (Phi) is 3.02. The minimum atomic E-state index is -0.388. The molecule has 15 heavy (non-hydrogen) atoms. The quantitative estimate of drug-likeness (QED) is 0.777. The molecule has 1 N–H and O–H groups in total. The standard InChI is InChI=1S/C10H11BrN2O2/c11-9-3-1-2-8(12-9)10(15)13-5-4-7(14)6-13/h1-3,7,14H,4-6H2. The van der Waals surface area contributed by atoms with Crippen LogP contribution in [-0.2, 0) is 0 Å². The summed E-state index contributed by atoms with van der Waals surface area (Å²) in [6.45, 7) is 1.02. The van der Waals surface area contributed by atoms with Crippen LogP contribution in [0.2, 0.25) is 0 Å². The van der Waals surface area contributed by atoms with Crippen molar-refractivity contribution < 1.29 is 9.90 Å². The molecule has 1 fully saturated rings. The van der Waals surface area contributed by atoms with Crippen molar-refractivity contribution in [2.75, 3.05) is 13.1 Å². The fourth-order valence-electron chi connectivity index (χ4n) is 1.62. The van der Waals surface area contributed by atoms with Crippen LogP contribution in [0.25, 0.3) is 0 Å². The molecule has 2 heterocycles. The summed E-state index contributed by atoms with van der Waals surface area (Å²) in [6.07, 6.45) is 0.265. The molecule has 0 bridgehead atoms. The number of amides is 1. The lowest BCUT2D eigenvalue weighted by Gasteiger charge is -2.14. The molecule has 80 valence electrons. The molecule has 0 saturated carbocycles. The van der Waals surface area contributed by atoms with Gasteiger partial charge in [0.25, 0.3) is 5.91 Å². The maximum Gasteiger partial charge on any atom is 0.272 e. The van der Waals surface area contributed by atoms with E-state index in [9.17, 15) is 9.90 Å². The Labute approximate surface area is 96.1 Å². The molecular weight excluding hydrogens is 260 g/mol. The van der Waals surface area contributed by atoms with Crippen molar-refractivity contribution in [3.05, 3.63) is 28.5 Å². The highest BCUT2D eigenvalue weighted by molar-refractivity contribution is 9.10. The maximum atomic E-state index is 11.9. The first-order valence-electron chi connectivity index (χ1n) is 4.77. The summed E-state index contributed by atoms with van der Waals surface area (Å²) in [6, 6.07) is 5.23. The zero-order valence-corrected chi connectivity index (χ0v) is 9.64. The molecule has 2 rings (SSSR count). The molecule has 5 heteroatoms. The molecule has 1 saturated heterocycles. The Balaban J connectivity index is 2.14. The molecule has 1 amide bonds. The highest BCUT2D eigenvalue weighted by atomic mass is 79.9. The van der Waals surface area contributed by atoms with Crippen LogP contribution in [0.15, 0.2) is 22.8 Å². The van der Waals surface area contributed by atoms with E-state index in [1.54, 1.807) is 23.1 Å². The normalized spacial score (nSPS) is 20.7. The molecule has 4 nitrogen and oxygen atoms in total. The van der Waals surface area contributed by atoms with Crippen LogP contribution >= 0.6 is 15.9 Å². The fourth-order valence-corrected chi connectivity index (χ4v) is 1.96. The van der Waals surface area contributed by atoms with E-state index in [1.165, 1.54) is 0 Å². The van der Waals surface area contributed by atoms with Gasteiger partial charge in [-0.05, 0) is 34.5 Å². The molecule has 0 aliphatic carbocycles. The summed E-state index contributed by atoms with van der Waals surface area (Å²) in [4.78, 5) is 17.6. The van der Waals surface area contributed by atoms with Crippen LogP contribution < -0.4 is 0 Å². The van der Waals surface area contributed by atoms with E-state index in [-0.39, 0.29) is 12.0 Å². The molecule has 1 unspecified atom stereocenters. The van der Waals surface area contributed by atoms with E-state index in [0.717, 1.165) is 0 Å². The van der Waals surface area contributed by atoms with E-state index in [0.29, 0.717) is 29.8 Å². The Bertz CT molecular complexity index is 383. The van der Waals surface area contributed by atoms with Crippen molar-refractivity contribution in [3.8, 4) is 0 Å². The smallest absolute Gasteiger partial charge is 0.272 e. The third-order valence-electron chi connectivity index (χ3n) is 2.38. The minimum absolute atomic E-state index is 0.118. The van der Waals surface area contributed by atoms with Gasteiger partial charge in [0, 0.05) is 13.1 Å². The number of aliphatic hydroxyl groups excluding tert-OH is 1. The van der Waals surface area contributed by atoms with Crippen LogP contribution in [0, 0.1) is 0 Å². The van der Waals surface area contributed by atoms with Crippen LogP contribution in [0.1, 0.15) is 16.9 Å². The molecule has 1 aromatic rings. The topological polar surface area (TPSA) is 53.4 Å². The van der Waals surface area contributed by atoms with Gasteiger partial charge in [0.15, 0.2) is 0 Å². The van der Waals surface area contributed by atoms with Gasteiger partial charge in [0.1, 0.15) is 10.3 Å². The largest absolute Gasteiger partial charge is 0.391 e. The monoisotopic (exact) mass is 270 g/mol. The number of halogens is 1. The number of carbonyl (C=O) groups is 1. The van der Waals surface area contributed by atoms with Gasteiger partial charge >= 0.3 is 0 Å². The molecule has 0 aromatic carbocycles. The van der Waals surface area contributed by atoms with E-state index < -0.39 is 0 Å². The Morgan fingerprint density at radius 1 is 1.60 bits per heavy atom. The van der Waals surface area contributed by atoms with Crippen LogP contribution in [0.3, 0.4) is 0 Å². The molecule has 1 aliphatic heterocycles. The predicted molar refractivity (Wildman–Crippen MR) is 58.5 cm³/mol. The van der Waals surface area contributed by atoms with E-state index in [4.69, 9.17) is 0 Å². The van der Waals surface area contributed by atoms with Crippen molar-refractivity contribution in [1.82, 2.24) is 9.88 Å². The molecule has 1 aromatic heterocycles. The number of likely N-dealkylation sites (tertiary alicyclic amines) is 1. The summed E-state index contributed by atoms with van der Waals surface area (Å²) in [5.41, 5.74) is 0.415. The van der Waals surface area contributed by atoms with Crippen molar-refractivity contribution in [2.24, 2.45) is 0 Å². The SMILES string of the molecule is O=C(c1cccc(Br)n1)N1CCC(O)C1. The average molecular weight is 271 g/mol. The molecule has 0 radical (unpaired) electrons. The van der Waals surface area contributed by atoms with Crippen LogP contribution in [-0.4, -0.2) is 40.1 Å². The average Bonchev–Trinajstić information content (AvgIpc) is 2.64. The summed E-state index contributed by atoms with van der Waals surface area (Å²) < 4.78 is 0.646. The van der Waals surface area contributed by atoms with Gasteiger partial charge in [0.2, 0.25) is 0 Å². The third-order valence-corrected chi connectivity index (χ3v) is 2.83. The first kappa shape index (κ1) is 10.6. The van der Waals surface area contributed by atoms with Crippen molar-refractivity contribution in [1.29, 1.82) is 0 Å². The van der Waals surface area contributed by atoms with Crippen molar-refractivity contribution in [2.45, 2.75) is 12.5 Å². The van der Waals surface area contributed by atoms with Gasteiger partial charge < -0.3 is 10.0 Å². The van der Waals surface area contributed by atoms with Gasteiger partial charge in [-0.25, -0.2) is 4.98 Å². The first-order chi connectivity index (χ1) is 7.16. The zero-order chi connectivity index (χ0) is 10.8. The van der Waals surface area contributed by atoms with Crippen molar-refractivity contribution in [3.63, 3.8) is 0 Å². The number of rotatable bonds is 1. The second-order valence-corrected chi connectivity index (χ2v) is 4.35. The summed E-state index contributed by atoms with van der Waals surface area (Å²) >= 11 is 3.22. The van der Waals surface area contributed by atoms with Gasteiger partial charge in [-0.15, -0.1) is 0 Å². The molecule has 1 aliphatic rings. The number of β-amino-alcohol motifs (C(OH)–C–C–N with tert-alkyl or cyclic N) is 1. The predicted octanol–water partition coefficient (Wildman–Crippen LogP) is 1.05. The number of aromatic nitrogens is 1. The van der Waals surface area contributed by atoms with Crippen LogP contribution in [0.4, 0.5) is 0 Å². The lowest BCUT2D eigenvalue weighted by molar-refractivity contribution is 0.0759. The minimum Gasteiger partial charge on any atom is -0.391 e. The number of nitrogens with zero attached hydrogens (tertiary/aromatic N) is 2. The Hall–Kier alpha value is -0.940. The van der Waals surface area contributed by atoms with Gasteiger partial charge in [-0.2, -0.15) is 0 Å². The number of carbonyl (C=O) groups excluding carboxylic acids is 1. The highest BCUT2D eigenvalue weighted by Crippen LogP contribution is 2.13. The number of hydrogen-bond donors (Lipinski definition) is 1. The summed E-state index contributed by atoms with van der Waals surface area (Å²) in [5.74, 6) is -0.118. The zero-order valence-electron chi connectivity index (χ0n) is 8.06. The number of pyridine rings is 1.